The SMILES string of the molecule is O=C(c1ccc2c(c1)N(c1ncc(-c3ccccc3C3CC3)cn1)CC21CC1)N1CCOCC1. The first-order valence-electron chi connectivity index (χ1n) is 12.4. The first kappa shape index (κ1) is 20.2. The van der Waals surface area contributed by atoms with Crippen LogP contribution in [0.3, 0.4) is 0 Å². The zero-order valence-electron chi connectivity index (χ0n) is 19.2. The smallest absolute Gasteiger partial charge is 0.254 e. The summed E-state index contributed by atoms with van der Waals surface area (Å²) >= 11 is 0. The van der Waals surface area contributed by atoms with Crippen LogP contribution in [0.5, 0.6) is 0 Å². The molecular weight excluding hydrogens is 424 g/mol. The van der Waals surface area contributed by atoms with Crippen LogP contribution in [-0.2, 0) is 10.2 Å². The Morgan fingerprint density at radius 1 is 1.00 bits per heavy atom. The number of nitrogens with zero attached hydrogens (tertiary/aromatic N) is 4. The van der Waals surface area contributed by atoms with Gasteiger partial charge < -0.3 is 14.5 Å². The van der Waals surface area contributed by atoms with E-state index in [0.29, 0.717) is 38.2 Å². The molecule has 2 aliphatic carbocycles. The summed E-state index contributed by atoms with van der Waals surface area (Å²) in [4.78, 5) is 26.9. The number of benzene rings is 2. The Morgan fingerprint density at radius 3 is 2.50 bits per heavy atom. The normalized spacial score (nSPS) is 20.5. The summed E-state index contributed by atoms with van der Waals surface area (Å²) in [5.74, 6) is 1.47. The number of hydrogen-bond donors (Lipinski definition) is 0. The van der Waals surface area contributed by atoms with Crippen LogP contribution in [0.15, 0.2) is 54.9 Å². The van der Waals surface area contributed by atoms with Gasteiger partial charge in [0.25, 0.3) is 5.91 Å². The molecule has 0 unspecified atom stereocenters. The van der Waals surface area contributed by atoms with Gasteiger partial charge in [-0.05, 0) is 60.4 Å². The van der Waals surface area contributed by atoms with Gasteiger partial charge in [-0.1, -0.05) is 30.3 Å². The topological polar surface area (TPSA) is 58.6 Å². The lowest BCUT2D eigenvalue weighted by molar-refractivity contribution is 0.0303. The molecule has 34 heavy (non-hydrogen) atoms. The lowest BCUT2D eigenvalue weighted by Crippen LogP contribution is -2.40. The van der Waals surface area contributed by atoms with Crippen molar-refractivity contribution in [2.45, 2.75) is 37.0 Å². The van der Waals surface area contributed by atoms with Crippen LogP contribution in [0, 0.1) is 0 Å². The van der Waals surface area contributed by atoms with Gasteiger partial charge in [0.1, 0.15) is 0 Å². The highest BCUT2D eigenvalue weighted by Crippen LogP contribution is 2.57. The average Bonchev–Trinajstić information content (AvgIpc) is 3.83. The molecule has 172 valence electrons. The first-order chi connectivity index (χ1) is 16.7. The van der Waals surface area contributed by atoms with Gasteiger partial charge in [-0.2, -0.15) is 0 Å². The number of ether oxygens (including phenoxy) is 1. The van der Waals surface area contributed by atoms with Crippen molar-refractivity contribution in [3.63, 3.8) is 0 Å². The van der Waals surface area contributed by atoms with Crippen molar-refractivity contribution >= 4 is 17.5 Å². The van der Waals surface area contributed by atoms with Crippen LogP contribution in [0.2, 0.25) is 0 Å². The van der Waals surface area contributed by atoms with Gasteiger partial charge in [0, 0.05) is 54.3 Å². The Balaban J connectivity index is 1.21. The minimum absolute atomic E-state index is 0.0794. The van der Waals surface area contributed by atoms with Crippen molar-refractivity contribution in [1.29, 1.82) is 0 Å². The summed E-state index contributed by atoms with van der Waals surface area (Å²) in [7, 11) is 0. The molecule has 0 bridgehead atoms. The number of anilines is 2. The molecule has 6 heteroatoms. The maximum atomic E-state index is 13.1. The van der Waals surface area contributed by atoms with E-state index in [1.54, 1.807) is 0 Å². The van der Waals surface area contributed by atoms with E-state index >= 15 is 0 Å². The third kappa shape index (κ3) is 3.31. The maximum Gasteiger partial charge on any atom is 0.254 e. The van der Waals surface area contributed by atoms with Crippen LogP contribution in [0.1, 0.15) is 53.1 Å². The predicted molar refractivity (Wildman–Crippen MR) is 131 cm³/mol. The summed E-state index contributed by atoms with van der Waals surface area (Å²) in [6.07, 6.45) is 8.83. The van der Waals surface area contributed by atoms with Gasteiger partial charge in [-0.15, -0.1) is 0 Å². The van der Waals surface area contributed by atoms with Crippen molar-refractivity contribution in [3.8, 4) is 11.1 Å². The second-order valence-corrected chi connectivity index (χ2v) is 10.1. The van der Waals surface area contributed by atoms with Crippen LogP contribution in [0.25, 0.3) is 11.1 Å². The highest BCUT2D eigenvalue weighted by Gasteiger charge is 2.52. The van der Waals surface area contributed by atoms with E-state index in [2.05, 4.69) is 41.3 Å². The van der Waals surface area contributed by atoms with Gasteiger partial charge in [0.05, 0.1) is 13.2 Å². The number of amides is 1. The number of aromatic nitrogens is 2. The Kier molecular flexibility index (Phi) is 4.53. The van der Waals surface area contributed by atoms with Crippen LogP contribution < -0.4 is 4.90 Å². The van der Waals surface area contributed by atoms with E-state index in [1.165, 1.54) is 42.4 Å². The largest absolute Gasteiger partial charge is 0.378 e. The number of hydrogen-bond acceptors (Lipinski definition) is 5. The van der Waals surface area contributed by atoms with E-state index in [4.69, 9.17) is 14.7 Å². The fourth-order valence-electron chi connectivity index (χ4n) is 5.63. The summed E-state index contributed by atoms with van der Waals surface area (Å²) < 4.78 is 5.42. The summed E-state index contributed by atoms with van der Waals surface area (Å²) in [5.41, 5.74) is 7.07. The van der Waals surface area contributed by atoms with Crippen molar-refractivity contribution in [2.24, 2.45) is 0 Å². The molecule has 1 spiro atoms. The Bertz CT molecular complexity index is 1260. The molecule has 1 aromatic heterocycles. The van der Waals surface area contributed by atoms with Gasteiger partial charge in [0.15, 0.2) is 0 Å². The first-order valence-corrected chi connectivity index (χ1v) is 12.4. The molecule has 1 saturated heterocycles. The van der Waals surface area contributed by atoms with E-state index in [1.807, 2.05) is 23.4 Å². The highest BCUT2D eigenvalue weighted by atomic mass is 16.5. The van der Waals surface area contributed by atoms with E-state index in [0.717, 1.165) is 23.4 Å². The molecular formula is C28H28N4O2. The molecule has 0 N–H and O–H groups in total. The van der Waals surface area contributed by atoms with E-state index < -0.39 is 0 Å². The molecule has 6 nitrogen and oxygen atoms in total. The van der Waals surface area contributed by atoms with Gasteiger partial charge in [0.2, 0.25) is 5.95 Å². The van der Waals surface area contributed by atoms with Crippen LogP contribution >= 0.6 is 0 Å². The number of morpholine rings is 1. The lowest BCUT2D eigenvalue weighted by atomic mass is 9.97. The fraction of sp³-hybridized carbons (Fsp3) is 0.393. The van der Waals surface area contributed by atoms with Crippen molar-refractivity contribution < 1.29 is 9.53 Å². The zero-order valence-corrected chi connectivity index (χ0v) is 19.2. The number of fused-ring (bicyclic) bond motifs is 2. The quantitative estimate of drug-likeness (QED) is 0.575. The summed E-state index contributed by atoms with van der Waals surface area (Å²) in [6.45, 7) is 3.40. The second kappa shape index (κ2) is 7.64. The third-order valence-corrected chi connectivity index (χ3v) is 7.89. The van der Waals surface area contributed by atoms with Crippen LogP contribution in [0.4, 0.5) is 11.6 Å². The number of rotatable bonds is 4. The Hall–Kier alpha value is -3.25. The molecule has 3 aromatic rings. The number of carbonyl (C=O) groups is 1. The fourth-order valence-corrected chi connectivity index (χ4v) is 5.63. The van der Waals surface area contributed by atoms with Crippen molar-refractivity contribution in [2.75, 3.05) is 37.7 Å². The molecule has 7 rings (SSSR count). The van der Waals surface area contributed by atoms with E-state index in [9.17, 15) is 4.79 Å². The standard InChI is InChI=1S/C28H28N4O2/c33-26(31-11-13-34-14-12-31)20-7-8-24-25(15-20)32(18-28(24)9-10-28)27-29-16-21(17-30-27)23-4-2-1-3-22(23)19-5-6-19/h1-4,7-8,15-17,19H,5-6,9-14,18H2. The zero-order chi connectivity index (χ0) is 22.7. The van der Waals surface area contributed by atoms with Gasteiger partial charge >= 0.3 is 0 Å². The predicted octanol–water partition coefficient (Wildman–Crippen LogP) is 4.68. The highest BCUT2D eigenvalue weighted by molar-refractivity contribution is 5.96. The molecule has 2 saturated carbocycles. The maximum absolute atomic E-state index is 13.1. The van der Waals surface area contributed by atoms with Crippen LogP contribution in [-0.4, -0.2) is 53.6 Å². The molecule has 4 aliphatic rings. The molecule has 2 aromatic carbocycles. The minimum Gasteiger partial charge on any atom is -0.378 e. The average molecular weight is 453 g/mol. The lowest BCUT2D eigenvalue weighted by Gasteiger charge is -2.27. The van der Waals surface area contributed by atoms with Gasteiger partial charge in [-0.25, -0.2) is 9.97 Å². The molecule has 0 radical (unpaired) electrons. The number of carbonyl (C=O) groups excluding carboxylic acids is 1. The third-order valence-electron chi connectivity index (χ3n) is 7.89. The molecule has 2 aliphatic heterocycles. The summed E-state index contributed by atoms with van der Waals surface area (Å²) in [6, 6.07) is 14.9. The monoisotopic (exact) mass is 452 g/mol. The summed E-state index contributed by atoms with van der Waals surface area (Å²) in [5, 5.41) is 0. The molecule has 3 heterocycles. The molecule has 1 amide bonds. The second-order valence-electron chi connectivity index (χ2n) is 10.1. The Morgan fingerprint density at radius 2 is 1.76 bits per heavy atom. The molecule has 3 fully saturated rings. The molecule has 0 atom stereocenters. The minimum atomic E-state index is 0.0794. The van der Waals surface area contributed by atoms with Crippen molar-refractivity contribution in [1.82, 2.24) is 14.9 Å². The van der Waals surface area contributed by atoms with Crippen molar-refractivity contribution in [3.05, 3.63) is 71.5 Å². The van der Waals surface area contributed by atoms with E-state index in [-0.39, 0.29) is 11.3 Å². The van der Waals surface area contributed by atoms with Gasteiger partial charge in [-0.3, -0.25) is 4.79 Å². The Labute approximate surface area is 199 Å².